The monoisotopic (exact) mass is 386 g/mol. The Kier molecular flexibility index (Phi) is 6.79. The summed E-state index contributed by atoms with van der Waals surface area (Å²) in [5.74, 6) is 0.151. The van der Waals surface area contributed by atoms with Crippen molar-refractivity contribution in [2.75, 3.05) is 41.6 Å². The number of benzene rings is 1. The summed E-state index contributed by atoms with van der Waals surface area (Å²) in [6, 6.07) is 5.25. The van der Waals surface area contributed by atoms with E-state index in [1.807, 2.05) is 6.07 Å². The first kappa shape index (κ1) is 21.0. The Morgan fingerprint density at radius 1 is 1.04 bits per heavy atom. The van der Waals surface area contributed by atoms with Crippen molar-refractivity contribution in [3.8, 4) is 23.3 Å². The minimum absolute atomic E-state index is 0.0548. The van der Waals surface area contributed by atoms with Gasteiger partial charge in [0.25, 0.3) is 11.8 Å². The van der Waals surface area contributed by atoms with Crippen molar-refractivity contribution in [1.82, 2.24) is 4.90 Å². The third kappa shape index (κ3) is 3.85. The van der Waals surface area contributed by atoms with E-state index in [0.717, 1.165) is 4.90 Å². The van der Waals surface area contributed by atoms with Crippen LogP contribution < -0.4 is 14.2 Å². The van der Waals surface area contributed by atoms with Gasteiger partial charge in [-0.1, -0.05) is 0 Å². The molecule has 0 saturated carbocycles. The van der Waals surface area contributed by atoms with Crippen LogP contribution in [0.2, 0.25) is 0 Å². The Balaban J connectivity index is 2.62. The van der Waals surface area contributed by atoms with E-state index in [1.54, 1.807) is 25.1 Å². The second-order valence-electron chi connectivity index (χ2n) is 5.88. The van der Waals surface area contributed by atoms with E-state index in [0.29, 0.717) is 28.4 Å². The van der Waals surface area contributed by atoms with E-state index in [1.165, 1.54) is 28.4 Å². The summed E-state index contributed by atoms with van der Waals surface area (Å²) in [5.41, 5.74) is 1.08. The second kappa shape index (κ2) is 9.06. The van der Waals surface area contributed by atoms with Gasteiger partial charge >= 0.3 is 0 Å². The molecule has 1 aromatic rings. The zero-order valence-corrected chi connectivity index (χ0v) is 16.5. The Morgan fingerprint density at radius 3 is 2.11 bits per heavy atom. The average Bonchev–Trinajstić information content (AvgIpc) is 2.70. The summed E-state index contributed by atoms with van der Waals surface area (Å²) in [7, 11) is 5.94. The molecule has 148 valence electrons. The van der Waals surface area contributed by atoms with Crippen LogP contribution in [0.4, 0.5) is 0 Å². The highest BCUT2D eigenvalue weighted by Gasteiger charge is 2.35. The molecule has 0 fully saturated rings. The molecular weight excluding hydrogens is 364 g/mol. The SMILES string of the molecule is COCCN1C(=O)C(C#N)=C(C)/C(=C\c2cc(OC)c(OC)c(OC)c2)C1=O. The molecule has 2 rings (SSSR count). The molecule has 1 aliphatic rings. The molecule has 1 aromatic carbocycles. The predicted molar refractivity (Wildman–Crippen MR) is 101 cm³/mol. The maximum atomic E-state index is 12.9. The lowest BCUT2D eigenvalue weighted by Crippen LogP contribution is -2.44. The topological polar surface area (TPSA) is 98.1 Å². The molecule has 0 unspecified atom stereocenters. The van der Waals surface area contributed by atoms with Crippen LogP contribution in [-0.2, 0) is 14.3 Å². The summed E-state index contributed by atoms with van der Waals surface area (Å²) >= 11 is 0. The van der Waals surface area contributed by atoms with Crippen LogP contribution in [0, 0.1) is 11.3 Å². The molecule has 2 amide bonds. The maximum absolute atomic E-state index is 12.9. The molecule has 0 N–H and O–H groups in total. The van der Waals surface area contributed by atoms with Crippen LogP contribution in [0.3, 0.4) is 0 Å². The third-order valence-electron chi connectivity index (χ3n) is 4.34. The van der Waals surface area contributed by atoms with Gasteiger partial charge < -0.3 is 18.9 Å². The molecule has 1 aliphatic heterocycles. The Bertz CT molecular complexity index is 869. The fourth-order valence-electron chi connectivity index (χ4n) is 2.87. The number of nitrogens with zero attached hydrogens (tertiary/aromatic N) is 2. The van der Waals surface area contributed by atoms with Gasteiger partial charge in [-0.05, 0) is 36.3 Å². The average molecular weight is 386 g/mol. The van der Waals surface area contributed by atoms with Crippen molar-refractivity contribution in [2.24, 2.45) is 0 Å². The van der Waals surface area contributed by atoms with Gasteiger partial charge in [-0.3, -0.25) is 14.5 Å². The van der Waals surface area contributed by atoms with E-state index < -0.39 is 11.8 Å². The van der Waals surface area contributed by atoms with Gasteiger partial charge in [-0.2, -0.15) is 5.26 Å². The molecule has 0 spiro atoms. The third-order valence-corrected chi connectivity index (χ3v) is 4.34. The molecule has 28 heavy (non-hydrogen) atoms. The molecule has 8 nitrogen and oxygen atoms in total. The largest absolute Gasteiger partial charge is 0.493 e. The highest BCUT2D eigenvalue weighted by Crippen LogP contribution is 2.39. The summed E-state index contributed by atoms with van der Waals surface area (Å²) in [4.78, 5) is 26.4. The predicted octanol–water partition coefficient (Wildman–Crippen LogP) is 1.95. The van der Waals surface area contributed by atoms with Crippen LogP contribution >= 0.6 is 0 Å². The number of nitriles is 1. The molecule has 8 heteroatoms. The first-order chi connectivity index (χ1) is 13.4. The normalized spacial score (nSPS) is 15.7. The van der Waals surface area contributed by atoms with E-state index >= 15 is 0 Å². The van der Waals surface area contributed by atoms with Crippen molar-refractivity contribution >= 4 is 17.9 Å². The quantitative estimate of drug-likeness (QED) is 0.522. The lowest BCUT2D eigenvalue weighted by molar-refractivity contribution is -0.141. The highest BCUT2D eigenvalue weighted by atomic mass is 16.5. The standard InChI is InChI=1S/C20H22N2O6/c1-12-14(19(23)22(6-7-25-2)20(24)15(12)11-21)8-13-9-16(26-3)18(28-5)17(10-13)27-4/h8-10H,6-7H2,1-5H3/b14-8+. The van der Waals surface area contributed by atoms with Gasteiger partial charge in [-0.15, -0.1) is 0 Å². The van der Waals surface area contributed by atoms with Crippen molar-refractivity contribution in [3.05, 3.63) is 34.4 Å². The summed E-state index contributed by atoms with van der Waals surface area (Å²) in [6.07, 6.45) is 1.59. The Hall–Kier alpha value is -3.31. The first-order valence-corrected chi connectivity index (χ1v) is 8.41. The Labute approximate surface area is 163 Å². The Morgan fingerprint density at radius 2 is 1.64 bits per heavy atom. The molecule has 0 atom stereocenters. The van der Waals surface area contributed by atoms with E-state index in [-0.39, 0.29) is 24.3 Å². The number of imide groups is 1. The lowest BCUT2D eigenvalue weighted by atomic mass is 9.93. The molecule has 0 aliphatic carbocycles. The van der Waals surface area contributed by atoms with E-state index in [4.69, 9.17) is 18.9 Å². The fourth-order valence-corrected chi connectivity index (χ4v) is 2.87. The molecular formula is C20H22N2O6. The van der Waals surface area contributed by atoms with Crippen LogP contribution in [0.1, 0.15) is 12.5 Å². The van der Waals surface area contributed by atoms with Crippen LogP contribution in [0.25, 0.3) is 6.08 Å². The van der Waals surface area contributed by atoms with E-state index in [9.17, 15) is 14.9 Å². The van der Waals surface area contributed by atoms with Crippen molar-refractivity contribution in [1.29, 1.82) is 5.26 Å². The number of hydrogen-bond donors (Lipinski definition) is 0. The van der Waals surface area contributed by atoms with Gasteiger partial charge in [0.1, 0.15) is 11.6 Å². The van der Waals surface area contributed by atoms with Crippen LogP contribution in [0.5, 0.6) is 17.2 Å². The molecule has 0 radical (unpaired) electrons. The number of hydrogen-bond acceptors (Lipinski definition) is 7. The first-order valence-electron chi connectivity index (χ1n) is 8.41. The maximum Gasteiger partial charge on any atom is 0.271 e. The lowest BCUT2D eigenvalue weighted by Gasteiger charge is -2.27. The zero-order valence-electron chi connectivity index (χ0n) is 16.5. The van der Waals surface area contributed by atoms with Crippen molar-refractivity contribution < 1.29 is 28.5 Å². The smallest absolute Gasteiger partial charge is 0.271 e. The number of carbonyl (C=O) groups excluding carboxylic acids is 2. The van der Waals surface area contributed by atoms with Crippen molar-refractivity contribution in [3.63, 3.8) is 0 Å². The minimum Gasteiger partial charge on any atom is -0.493 e. The fraction of sp³-hybridized carbons (Fsp3) is 0.350. The number of rotatable bonds is 7. The van der Waals surface area contributed by atoms with Crippen LogP contribution in [0.15, 0.2) is 28.9 Å². The summed E-state index contributed by atoms with van der Waals surface area (Å²) in [5, 5.41) is 9.40. The van der Waals surface area contributed by atoms with Gasteiger partial charge in [0.05, 0.1) is 34.5 Å². The number of methoxy groups -OCH3 is 4. The molecule has 0 bridgehead atoms. The van der Waals surface area contributed by atoms with Crippen molar-refractivity contribution in [2.45, 2.75) is 6.92 Å². The van der Waals surface area contributed by atoms with Gasteiger partial charge in [-0.25, -0.2) is 0 Å². The zero-order chi connectivity index (χ0) is 20.8. The minimum atomic E-state index is -0.621. The van der Waals surface area contributed by atoms with Gasteiger partial charge in [0.15, 0.2) is 11.5 Å². The summed E-state index contributed by atoms with van der Waals surface area (Å²) in [6.45, 7) is 1.80. The number of ether oxygens (including phenoxy) is 4. The van der Waals surface area contributed by atoms with Gasteiger partial charge in [0.2, 0.25) is 5.75 Å². The molecule has 1 heterocycles. The number of amides is 2. The van der Waals surface area contributed by atoms with E-state index in [2.05, 4.69) is 0 Å². The summed E-state index contributed by atoms with van der Waals surface area (Å²) < 4.78 is 20.9. The van der Waals surface area contributed by atoms with Gasteiger partial charge in [0, 0.05) is 12.7 Å². The highest BCUT2D eigenvalue weighted by molar-refractivity contribution is 6.19. The van der Waals surface area contributed by atoms with Crippen LogP contribution in [-0.4, -0.2) is 58.3 Å². The molecule has 0 saturated heterocycles. The number of carbonyl (C=O) groups is 2. The second-order valence-corrected chi connectivity index (χ2v) is 5.88. The molecule has 0 aromatic heterocycles.